The molecule has 2 N–H and O–H groups in total. The van der Waals surface area contributed by atoms with E-state index in [0.29, 0.717) is 0 Å². The van der Waals surface area contributed by atoms with Crippen molar-refractivity contribution in [1.29, 1.82) is 0 Å². The number of nitrogens with two attached hydrogens (primary N) is 1. The summed E-state index contributed by atoms with van der Waals surface area (Å²) in [6.45, 7) is 7.16. The molecule has 1 fully saturated rings. The Bertz CT molecular complexity index is 92.1. The van der Waals surface area contributed by atoms with E-state index in [1.54, 1.807) is 7.11 Å². The summed E-state index contributed by atoms with van der Waals surface area (Å²) in [5.41, 5.74) is 0. The lowest BCUT2D eigenvalue weighted by Gasteiger charge is -2.24. The Kier molecular flexibility index (Phi) is 4.50. The highest BCUT2D eigenvalue weighted by molar-refractivity contribution is 4.58. The summed E-state index contributed by atoms with van der Waals surface area (Å²) in [7, 11) is 1.77. The average Bonchev–Trinajstić information content (AvgIpc) is 2.07. The second-order valence-corrected chi connectivity index (χ2v) is 3.05. The van der Waals surface area contributed by atoms with Crippen molar-refractivity contribution in [2.45, 2.75) is 6.42 Å². The molecule has 0 aromatic rings. The molecular weight excluding hydrogens is 140 g/mol. The van der Waals surface area contributed by atoms with Crippen LogP contribution in [0.15, 0.2) is 0 Å². The Morgan fingerprint density at radius 3 is 2.73 bits per heavy atom. The summed E-state index contributed by atoms with van der Waals surface area (Å²) in [6, 6.07) is 0. The van der Waals surface area contributed by atoms with Gasteiger partial charge in [-0.2, -0.15) is 0 Å². The molecule has 0 unspecified atom stereocenters. The fraction of sp³-hybridized carbons (Fsp3) is 1.00. The van der Waals surface area contributed by atoms with E-state index in [4.69, 9.17) is 4.74 Å². The van der Waals surface area contributed by atoms with Crippen LogP contribution in [0.2, 0.25) is 0 Å². The Hall–Kier alpha value is -0.120. The molecule has 0 aromatic carbocycles. The number of methoxy groups -OCH3 is 1. The van der Waals surface area contributed by atoms with Gasteiger partial charge in [0, 0.05) is 33.4 Å². The maximum atomic E-state index is 5.00. The number of hydrogen-bond donors (Lipinski definition) is 1. The van der Waals surface area contributed by atoms with Gasteiger partial charge >= 0.3 is 0 Å². The average molecular weight is 159 g/mol. The molecule has 1 rings (SSSR count). The molecule has 0 atom stereocenters. The van der Waals surface area contributed by atoms with E-state index < -0.39 is 0 Å². The molecule has 0 bridgehead atoms. The van der Waals surface area contributed by atoms with Gasteiger partial charge in [-0.25, -0.2) is 0 Å². The van der Waals surface area contributed by atoms with Crippen LogP contribution < -0.4 is 5.32 Å². The van der Waals surface area contributed by atoms with E-state index in [1.165, 1.54) is 39.1 Å². The Morgan fingerprint density at radius 2 is 2.09 bits per heavy atom. The van der Waals surface area contributed by atoms with Crippen molar-refractivity contribution in [2.75, 3.05) is 46.4 Å². The van der Waals surface area contributed by atoms with Gasteiger partial charge in [0.05, 0.1) is 13.1 Å². The minimum Gasteiger partial charge on any atom is -0.385 e. The van der Waals surface area contributed by atoms with E-state index in [9.17, 15) is 0 Å². The molecule has 3 heteroatoms. The summed E-state index contributed by atoms with van der Waals surface area (Å²) in [4.78, 5) is 2.51. The molecule has 1 heterocycles. The van der Waals surface area contributed by atoms with Gasteiger partial charge in [0.1, 0.15) is 0 Å². The van der Waals surface area contributed by atoms with Gasteiger partial charge in [-0.05, 0) is 6.42 Å². The quantitative estimate of drug-likeness (QED) is 0.528. The van der Waals surface area contributed by atoms with Gasteiger partial charge in [-0.15, -0.1) is 0 Å². The highest BCUT2D eigenvalue weighted by Gasteiger charge is 2.10. The predicted molar refractivity (Wildman–Crippen MR) is 44.6 cm³/mol. The number of quaternary nitrogens is 1. The van der Waals surface area contributed by atoms with Crippen LogP contribution in [0.25, 0.3) is 0 Å². The highest BCUT2D eigenvalue weighted by atomic mass is 16.5. The number of rotatable bonds is 4. The van der Waals surface area contributed by atoms with Crippen molar-refractivity contribution < 1.29 is 10.1 Å². The van der Waals surface area contributed by atoms with Gasteiger partial charge < -0.3 is 10.1 Å². The lowest BCUT2D eigenvalue weighted by atomic mass is 10.3. The second kappa shape index (κ2) is 5.52. The van der Waals surface area contributed by atoms with Gasteiger partial charge in [0.15, 0.2) is 0 Å². The van der Waals surface area contributed by atoms with Crippen LogP contribution in [0.3, 0.4) is 0 Å². The Balaban J connectivity index is 1.96. The monoisotopic (exact) mass is 159 g/mol. The number of ether oxygens (including phenoxy) is 1. The molecule has 1 aliphatic rings. The van der Waals surface area contributed by atoms with Crippen LogP contribution in [0, 0.1) is 0 Å². The molecule has 0 saturated carbocycles. The summed E-state index contributed by atoms with van der Waals surface area (Å²) in [5.74, 6) is 0. The summed E-state index contributed by atoms with van der Waals surface area (Å²) >= 11 is 0. The second-order valence-electron chi connectivity index (χ2n) is 3.05. The molecule has 1 saturated heterocycles. The molecular formula is C8H19N2O+. The molecule has 0 aromatic heterocycles. The lowest BCUT2D eigenvalue weighted by Crippen LogP contribution is -2.89. The van der Waals surface area contributed by atoms with Gasteiger partial charge in [0.2, 0.25) is 0 Å². The number of nitrogens with zero attached hydrogens (tertiary/aromatic N) is 1. The zero-order valence-electron chi connectivity index (χ0n) is 7.38. The van der Waals surface area contributed by atoms with Crippen molar-refractivity contribution in [3.8, 4) is 0 Å². The zero-order chi connectivity index (χ0) is 7.94. The van der Waals surface area contributed by atoms with Gasteiger partial charge in [0.25, 0.3) is 0 Å². The topological polar surface area (TPSA) is 29.1 Å². The smallest absolute Gasteiger partial charge is 0.0885 e. The SMILES string of the molecule is COCCCN1CC[NH2+]CC1. The maximum Gasteiger partial charge on any atom is 0.0885 e. The van der Waals surface area contributed by atoms with Crippen molar-refractivity contribution in [1.82, 2.24) is 4.90 Å². The molecule has 0 amide bonds. The van der Waals surface area contributed by atoms with Crippen LogP contribution in [0.5, 0.6) is 0 Å². The first-order chi connectivity index (χ1) is 5.43. The minimum absolute atomic E-state index is 0.903. The van der Waals surface area contributed by atoms with Crippen LogP contribution in [0.1, 0.15) is 6.42 Å². The maximum absolute atomic E-state index is 5.00. The van der Waals surface area contributed by atoms with Crippen LogP contribution in [-0.2, 0) is 4.74 Å². The van der Waals surface area contributed by atoms with Crippen molar-refractivity contribution in [2.24, 2.45) is 0 Å². The van der Waals surface area contributed by atoms with Crippen molar-refractivity contribution >= 4 is 0 Å². The standard InChI is InChI=1S/C8H18N2O/c1-11-8-2-5-10-6-3-9-4-7-10/h9H,2-8H2,1H3/p+1. The molecule has 0 radical (unpaired) electrons. The molecule has 1 aliphatic heterocycles. The lowest BCUT2D eigenvalue weighted by molar-refractivity contribution is -0.663. The fourth-order valence-electron chi connectivity index (χ4n) is 1.46. The minimum atomic E-state index is 0.903. The first-order valence-corrected chi connectivity index (χ1v) is 4.46. The third-order valence-corrected chi connectivity index (χ3v) is 2.12. The zero-order valence-corrected chi connectivity index (χ0v) is 7.38. The van der Waals surface area contributed by atoms with Crippen molar-refractivity contribution in [3.63, 3.8) is 0 Å². The summed E-state index contributed by atoms with van der Waals surface area (Å²) in [6.07, 6.45) is 1.18. The van der Waals surface area contributed by atoms with E-state index in [-0.39, 0.29) is 0 Å². The molecule has 0 aliphatic carbocycles. The first kappa shape index (κ1) is 8.97. The number of piperazine rings is 1. The van der Waals surface area contributed by atoms with E-state index in [1.807, 2.05) is 0 Å². The van der Waals surface area contributed by atoms with Crippen LogP contribution in [-0.4, -0.2) is 51.3 Å². The van der Waals surface area contributed by atoms with Gasteiger partial charge in [-0.3, -0.25) is 4.90 Å². The molecule has 11 heavy (non-hydrogen) atoms. The third-order valence-electron chi connectivity index (χ3n) is 2.12. The Labute approximate surface area is 68.7 Å². The van der Waals surface area contributed by atoms with Crippen molar-refractivity contribution in [3.05, 3.63) is 0 Å². The first-order valence-electron chi connectivity index (χ1n) is 4.46. The highest BCUT2D eigenvalue weighted by Crippen LogP contribution is 1.91. The van der Waals surface area contributed by atoms with Crippen LogP contribution >= 0.6 is 0 Å². The predicted octanol–water partition coefficient (Wildman–Crippen LogP) is -1.10. The van der Waals surface area contributed by atoms with Crippen LogP contribution in [0.4, 0.5) is 0 Å². The largest absolute Gasteiger partial charge is 0.385 e. The van der Waals surface area contributed by atoms with E-state index in [0.717, 1.165) is 6.61 Å². The fourth-order valence-corrected chi connectivity index (χ4v) is 1.46. The molecule has 3 nitrogen and oxygen atoms in total. The Morgan fingerprint density at radius 1 is 1.36 bits per heavy atom. The van der Waals surface area contributed by atoms with E-state index in [2.05, 4.69) is 10.2 Å². The normalized spacial score (nSPS) is 20.5. The van der Waals surface area contributed by atoms with E-state index >= 15 is 0 Å². The number of hydrogen-bond acceptors (Lipinski definition) is 2. The van der Waals surface area contributed by atoms with Gasteiger partial charge in [-0.1, -0.05) is 0 Å². The molecule has 66 valence electrons. The summed E-state index contributed by atoms with van der Waals surface area (Å²) in [5, 5.41) is 2.38. The summed E-state index contributed by atoms with van der Waals surface area (Å²) < 4.78 is 5.00. The molecule has 0 spiro atoms. The third kappa shape index (κ3) is 3.70.